The zero-order valence-corrected chi connectivity index (χ0v) is 27.7. The Morgan fingerprint density at radius 1 is 1.09 bits per heavy atom. The lowest BCUT2D eigenvalue weighted by molar-refractivity contribution is 0.182. The van der Waals surface area contributed by atoms with Gasteiger partial charge in [-0.1, -0.05) is 83.1 Å². The number of nitrogens with zero attached hydrogens (tertiary/aromatic N) is 2. The number of nitriles is 1. The highest BCUT2D eigenvalue weighted by molar-refractivity contribution is 7.87. The molecule has 3 atom stereocenters. The number of allylic oxidation sites excluding steroid dienone is 8. The number of unbranched alkanes of at least 4 members (excludes halogenated alkanes) is 1. The lowest BCUT2D eigenvalue weighted by Crippen LogP contribution is -2.26. The van der Waals surface area contributed by atoms with Crippen LogP contribution >= 0.6 is 0 Å². The van der Waals surface area contributed by atoms with E-state index in [1.165, 1.54) is 41.5 Å². The Balaban J connectivity index is 2.16. The van der Waals surface area contributed by atoms with Crippen molar-refractivity contribution in [1.29, 1.82) is 5.26 Å². The van der Waals surface area contributed by atoms with Crippen molar-refractivity contribution in [1.82, 2.24) is 0 Å². The van der Waals surface area contributed by atoms with Gasteiger partial charge in [0, 0.05) is 22.6 Å². The molecule has 0 aromatic heterocycles. The van der Waals surface area contributed by atoms with Crippen molar-refractivity contribution in [3.63, 3.8) is 0 Å². The van der Waals surface area contributed by atoms with Gasteiger partial charge in [0.2, 0.25) is 0 Å². The van der Waals surface area contributed by atoms with Crippen molar-refractivity contribution in [2.45, 2.75) is 111 Å². The fourth-order valence-electron chi connectivity index (χ4n) is 6.15. The van der Waals surface area contributed by atoms with Crippen molar-refractivity contribution in [3.05, 3.63) is 88.4 Å². The number of hydrogen-bond acceptors (Lipinski definition) is 2. The van der Waals surface area contributed by atoms with Gasteiger partial charge in [-0.2, -0.15) is 9.66 Å². The zero-order valence-electron chi connectivity index (χ0n) is 26.9. The molecule has 0 radical (unpaired) electrons. The molecule has 1 aromatic rings. The lowest BCUT2D eigenvalue weighted by atomic mass is 9.67. The monoisotopic (exact) mass is 594 g/mol. The number of fused-ring (bicyclic) bond motifs is 1. The summed E-state index contributed by atoms with van der Waals surface area (Å²) in [5.74, 6) is 8.61. The molecule has 0 N–H and O–H groups in total. The van der Waals surface area contributed by atoms with Gasteiger partial charge >= 0.3 is 0 Å². The first-order valence-corrected chi connectivity index (χ1v) is 17.4. The van der Waals surface area contributed by atoms with Crippen LogP contribution in [0.4, 0.5) is 0 Å². The van der Waals surface area contributed by atoms with Gasteiger partial charge in [-0.25, -0.2) is 4.21 Å². The molecule has 43 heavy (non-hydrogen) atoms. The third-order valence-electron chi connectivity index (χ3n) is 8.97. The van der Waals surface area contributed by atoms with E-state index < -0.39 is 11.0 Å². The molecule has 3 nitrogen and oxygen atoms in total. The van der Waals surface area contributed by atoms with E-state index in [4.69, 9.17) is 0 Å². The zero-order chi connectivity index (χ0) is 31.2. The molecule has 3 rings (SSSR count). The largest absolute Gasteiger partial charge is 0.230 e. The van der Waals surface area contributed by atoms with Crippen LogP contribution in [0.5, 0.6) is 0 Å². The number of rotatable bonds is 14. The molecular formula is C39H50N2OS. The minimum Gasteiger partial charge on any atom is -0.230 e. The highest BCUT2D eigenvalue weighted by Crippen LogP contribution is 2.50. The summed E-state index contributed by atoms with van der Waals surface area (Å²) in [6.07, 6.45) is 19.4. The second-order valence-electron chi connectivity index (χ2n) is 11.8. The molecule has 0 aliphatic heterocycles. The van der Waals surface area contributed by atoms with E-state index >= 15 is 0 Å². The summed E-state index contributed by atoms with van der Waals surface area (Å²) in [4.78, 5) is 0.830. The first-order valence-electron chi connectivity index (χ1n) is 16.3. The first-order chi connectivity index (χ1) is 20.9. The average molecular weight is 595 g/mol. The summed E-state index contributed by atoms with van der Waals surface area (Å²) in [7, 11) is -1.43. The number of hydrogen-bond donors (Lipinski definition) is 0. The van der Waals surface area contributed by atoms with Gasteiger partial charge in [0.25, 0.3) is 0 Å². The molecule has 4 heteroatoms. The smallest absolute Gasteiger partial charge is 0.168 e. The topological polar surface area (TPSA) is 53.2 Å². The van der Waals surface area contributed by atoms with Crippen LogP contribution in [0.1, 0.15) is 127 Å². The summed E-state index contributed by atoms with van der Waals surface area (Å²) >= 11 is 0. The summed E-state index contributed by atoms with van der Waals surface area (Å²) in [6, 6.07) is 8.54. The Kier molecular flexibility index (Phi) is 14.2. The molecule has 1 fully saturated rings. The van der Waals surface area contributed by atoms with E-state index in [2.05, 4.69) is 81.4 Å². The maximum atomic E-state index is 13.5. The SMILES string of the molecule is C=CCCC(CCC=C)=NS(=O)/C(=C/C=C(\CC)C1=C(C#CCCC)c2ccc(C#N)cc2C(C)C(C2CCC2)C1)CC. The van der Waals surface area contributed by atoms with Crippen LogP contribution in [0.15, 0.2) is 76.1 Å². The molecule has 2 aliphatic carbocycles. The first kappa shape index (κ1) is 34.3. The predicted octanol–water partition coefficient (Wildman–Crippen LogP) is 10.7. The van der Waals surface area contributed by atoms with Crippen LogP contribution < -0.4 is 0 Å². The van der Waals surface area contributed by atoms with Gasteiger partial charge in [-0.3, -0.25) is 0 Å². The molecule has 0 heterocycles. The lowest BCUT2D eigenvalue weighted by Gasteiger charge is -2.38. The van der Waals surface area contributed by atoms with Crippen LogP contribution in [-0.4, -0.2) is 9.92 Å². The number of benzene rings is 1. The van der Waals surface area contributed by atoms with E-state index in [1.807, 2.05) is 24.3 Å². The van der Waals surface area contributed by atoms with E-state index in [1.54, 1.807) is 0 Å². The Morgan fingerprint density at radius 3 is 2.37 bits per heavy atom. The summed E-state index contributed by atoms with van der Waals surface area (Å²) < 4.78 is 18.1. The summed E-state index contributed by atoms with van der Waals surface area (Å²) in [6.45, 7) is 16.4. The Morgan fingerprint density at radius 2 is 1.81 bits per heavy atom. The van der Waals surface area contributed by atoms with Gasteiger partial charge in [0.05, 0.1) is 11.6 Å². The fourth-order valence-corrected chi connectivity index (χ4v) is 7.12. The van der Waals surface area contributed by atoms with Crippen LogP contribution in [-0.2, 0) is 11.0 Å². The van der Waals surface area contributed by atoms with Crippen LogP contribution in [0, 0.1) is 35.0 Å². The molecular weight excluding hydrogens is 545 g/mol. The third kappa shape index (κ3) is 9.14. The minimum absolute atomic E-state index is 0.348. The highest BCUT2D eigenvalue weighted by Gasteiger charge is 2.36. The van der Waals surface area contributed by atoms with Crippen LogP contribution in [0.25, 0.3) is 5.57 Å². The van der Waals surface area contributed by atoms with Crippen molar-refractivity contribution in [2.75, 3.05) is 0 Å². The predicted molar refractivity (Wildman–Crippen MR) is 186 cm³/mol. The third-order valence-corrected chi connectivity index (χ3v) is 10.3. The summed E-state index contributed by atoms with van der Waals surface area (Å²) in [5.41, 5.74) is 7.78. The van der Waals surface area contributed by atoms with Crippen molar-refractivity contribution in [2.24, 2.45) is 16.2 Å². The van der Waals surface area contributed by atoms with Gasteiger partial charge in [0.15, 0.2) is 11.0 Å². The van der Waals surface area contributed by atoms with E-state index in [0.717, 1.165) is 67.6 Å². The molecule has 0 amide bonds. The van der Waals surface area contributed by atoms with Crippen molar-refractivity contribution in [3.8, 4) is 17.9 Å². The maximum absolute atomic E-state index is 13.5. The molecule has 2 aliphatic rings. The van der Waals surface area contributed by atoms with Crippen molar-refractivity contribution < 1.29 is 4.21 Å². The molecule has 228 valence electrons. The summed E-state index contributed by atoms with van der Waals surface area (Å²) in [5, 5.41) is 9.73. The van der Waals surface area contributed by atoms with E-state index in [9.17, 15) is 9.47 Å². The highest BCUT2D eigenvalue weighted by atomic mass is 32.2. The molecule has 0 bridgehead atoms. The fraction of sp³-hybridized carbons (Fsp3) is 0.487. The van der Waals surface area contributed by atoms with Gasteiger partial charge in [-0.15, -0.1) is 13.2 Å². The second kappa shape index (κ2) is 17.8. The second-order valence-corrected chi connectivity index (χ2v) is 13.0. The van der Waals surface area contributed by atoms with E-state index in [-0.39, 0.29) is 0 Å². The standard InChI is InChI=1S/C39H50N2OS/c1-7-12-15-21-35-36-25-22-30(28-40)26-38(36)29(6)37(32-17-16-18-32)27-39(35)31(10-4)23-24-34(11-5)43(42)41-33(19-13-8-2)20-14-9-3/h8-9,22-26,29,32,37H,2-3,7,10-14,16-20,27H2,1,4-6H3/b31-23+,34-24+. The maximum Gasteiger partial charge on any atom is 0.168 e. The Labute approximate surface area is 264 Å². The molecule has 0 saturated heterocycles. The van der Waals surface area contributed by atoms with Gasteiger partial charge < -0.3 is 0 Å². The normalized spacial score (nSPS) is 19.6. The van der Waals surface area contributed by atoms with Crippen molar-refractivity contribution >= 4 is 22.3 Å². The Hall–Kier alpha value is -3.21. The molecule has 1 saturated carbocycles. The Bertz CT molecular complexity index is 1390. The van der Waals surface area contributed by atoms with Gasteiger partial charge in [-0.05, 0) is 110 Å². The minimum atomic E-state index is -1.43. The quantitative estimate of drug-likeness (QED) is 0.0931. The molecule has 1 aromatic carbocycles. The molecule has 0 spiro atoms. The van der Waals surface area contributed by atoms with Crippen LogP contribution in [0.3, 0.4) is 0 Å². The average Bonchev–Trinajstić information content (AvgIpc) is 3.10. The van der Waals surface area contributed by atoms with Gasteiger partial charge in [0.1, 0.15) is 0 Å². The van der Waals surface area contributed by atoms with E-state index in [0.29, 0.717) is 29.7 Å². The van der Waals surface area contributed by atoms with Crippen LogP contribution in [0.2, 0.25) is 0 Å². The molecule has 3 unspecified atom stereocenters.